The highest BCUT2D eigenvalue weighted by molar-refractivity contribution is 7.13. The predicted octanol–water partition coefficient (Wildman–Crippen LogP) is 6.07. The first-order valence-corrected chi connectivity index (χ1v) is 16.1. The van der Waals surface area contributed by atoms with E-state index >= 15 is 0 Å². The number of nitrogens with zero attached hydrogens (tertiary/aromatic N) is 4. The van der Waals surface area contributed by atoms with E-state index in [0.717, 1.165) is 16.7 Å². The molecule has 15 heteroatoms. The van der Waals surface area contributed by atoms with Crippen molar-refractivity contribution in [1.82, 2.24) is 19.9 Å². The Balaban J connectivity index is 0.000000188. The molecule has 0 fully saturated rings. The fourth-order valence-corrected chi connectivity index (χ4v) is 5.93. The Labute approximate surface area is 286 Å². The number of carbonyl (C=O) groups excluding carboxylic acids is 4. The molecule has 6 aromatic rings. The second-order valence-corrected chi connectivity index (χ2v) is 12.1. The van der Waals surface area contributed by atoms with Gasteiger partial charge in [-0.2, -0.15) is 0 Å². The summed E-state index contributed by atoms with van der Waals surface area (Å²) in [5, 5.41) is 10.4. The molecule has 0 aliphatic heterocycles. The van der Waals surface area contributed by atoms with Gasteiger partial charge in [0.05, 0.1) is 22.5 Å². The quantitative estimate of drug-likeness (QED) is 0.147. The first-order chi connectivity index (χ1) is 23.1. The minimum absolute atomic E-state index is 0.138. The van der Waals surface area contributed by atoms with Gasteiger partial charge in [0, 0.05) is 51.7 Å². The van der Waals surface area contributed by atoms with E-state index in [4.69, 9.17) is 23.1 Å². The van der Waals surface area contributed by atoms with Gasteiger partial charge in [0.15, 0.2) is 0 Å². The van der Waals surface area contributed by atoms with Crippen LogP contribution in [0.25, 0.3) is 21.1 Å². The van der Waals surface area contributed by atoms with Gasteiger partial charge in [-0.05, 0) is 67.1 Å². The maximum atomic E-state index is 12.4. The molecule has 0 atom stereocenters. The number of pyridine rings is 2. The van der Waals surface area contributed by atoms with E-state index in [0.29, 0.717) is 20.7 Å². The summed E-state index contributed by atoms with van der Waals surface area (Å²) in [6.45, 7) is 1.86. The molecule has 0 aliphatic carbocycles. The van der Waals surface area contributed by atoms with Crippen molar-refractivity contribution in [3.63, 3.8) is 0 Å². The monoisotopic (exact) mass is 696 g/mol. The second kappa shape index (κ2) is 15.2. The Hall–Kier alpha value is -5.83. The zero-order chi connectivity index (χ0) is 34.2. The maximum Gasteiger partial charge on any atom is 0.275 e. The zero-order valence-corrected chi connectivity index (χ0v) is 27.4. The number of primary amides is 2. The third-order valence-corrected chi connectivity index (χ3v) is 8.49. The third kappa shape index (κ3) is 8.30. The number of rotatable bonds is 8. The largest absolute Gasteiger partial charge is 0.366 e. The van der Waals surface area contributed by atoms with Gasteiger partial charge in [-0.1, -0.05) is 17.7 Å². The van der Waals surface area contributed by atoms with Crippen molar-refractivity contribution < 1.29 is 19.2 Å². The third-order valence-electron chi connectivity index (χ3n) is 6.47. The standard InChI is InChI=1S/C17H14N4O2S.C16H11ClN4O2S/c1-10-4-5-12(15(18)22)13(7-10)20-16(23)14-9-24-17(21-14)11-3-2-6-19-8-11;17-10-3-4-12(11(6-10)14(18)22)20-15(23)13-8-24-16(21-13)9-2-1-5-19-7-9/h2-9H,1H3,(H2,18,22)(H,20,23);1-8H,(H2,18,22)(H,20,23). The predicted molar refractivity (Wildman–Crippen MR) is 186 cm³/mol. The van der Waals surface area contributed by atoms with Gasteiger partial charge in [-0.3, -0.25) is 29.1 Å². The Morgan fingerprint density at radius 3 is 1.73 bits per heavy atom. The molecule has 0 radical (unpaired) electrons. The zero-order valence-electron chi connectivity index (χ0n) is 25.0. The van der Waals surface area contributed by atoms with Crippen LogP contribution in [-0.2, 0) is 0 Å². The number of nitrogens with one attached hydrogen (secondary N) is 2. The van der Waals surface area contributed by atoms with Gasteiger partial charge in [0.1, 0.15) is 21.4 Å². The summed E-state index contributed by atoms with van der Waals surface area (Å²) in [6.07, 6.45) is 6.70. The number of aryl methyl sites for hydroxylation is 1. The van der Waals surface area contributed by atoms with E-state index in [1.807, 2.05) is 25.1 Å². The van der Waals surface area contributed by atoms with Crippen LogP contribution in [0.1, 0.15) is 47.3 Å². The Bertz CT molecular complexity index is 2120. The van der Waals surface area contributed by atoms with E-state index in [9.17, 15) is 19.2 Å². The van der Waals surface area contributed by atoms with Gasteiger partial charge in [0.2, 0.25) is 0 Å². The number of hydrogen-bond acceptors (Lipinski definition) is 10. The minimum Gasteiger partial charge on any atom is -0.366 e. The van der Waals surface area contributed by atoms with E-state index in [1.54, 1.807) is 65.9 Å². The van der Waals surface area contributed by atoms with Gasteiger partial charge >= 0.3 is 0 Å². The molecule has 4 aromatic heterocycles. The van der Waals surface area contributed by atoms with Crippen molar-refractivity contribution in [2.24, 2.45) is 11.5 Å². The average molecular weight is 697 g/mol. The molecular weight excluding hydrogens is 672 g/mol. The molecular formula is C33H25ClN8O4S2. The van der Waals surface area contributed by atoms with Crippen LogP contribution in [0.15, 0.2) is 96.2 Å². The molecule has 6 N–H and O–H groups in total. The number of anilines is 2. The summed E-state index contributed by atoms with van der Waals surface area (Å²) in [5.41, 5.74) is 14.8. The van der Waals surface area contributed by atoms with Crippen molar-refractivity contribution in [1.29, 1.82) is 0 Å². The lowest BCUT2D eigenvalue weighted by molar-refractivity contribution is 0.0989. The van der Waals surface area contributed by atoms with Crippen LogP contribution < -0.4 is 22.1 Å². The first kappa shape index (κ1) is 33.5. The van der Waals surface area contributed by atoms with Gasteiger partial charge in [0.25, 0.3) is 23.6 Å². The summed E-state index contributed by atoms with van der Waals surface area (Å²) >= 11 is 8.53. The Morgan fingerprint density at radius 1 is 0.688 bits per heavy atom. The van der Waals surface area contributed by atoms with E-state index in [1.165, 1.54) is 34.8 Å². The van der Waals surface area contributed by atoms with Crippen molar-refractivity contribution in [2.75, 3.05) is 10.6 Å². The fraction of sp³-hybridized carbons (Fsp3) is 0.0303. The number of nitrogens with two attached hydrogens (primary N) is 2. The van der Waals surface area contributed by atoms with Gasteiger partial charge in [-0.15, -0.1) is 22.7 Å². The highest BCUT2D eigenvalue weighted by atomic mass is 35.5. The van der Waals surface area contributed by atoms with Crippen molar-refractivity contribution in [3.05, 3.63) is 129 Å². The molecule has 2 aromatic carbocycles. The van der Waals surface area contributed by atoms with E-state index in [-0.39, 0.29) is 28.2 Å². The van der Waals surface area contributed by atoms with Crippen LogP contribution in [0.3, 0.4) is 0 Å². The van der Waals surface area contributed by atoms with Crippen molar-refractivity contribution in [2.45, 2.75) is 6.92 Å². The molecule has 48 heavy (non-hydrogen) atoms. The van der Waals surface area contributed by atoms with Crippen LogP contribution in [0, 0.1) is 6.92 Å². The number of aromatic nitrogens is 4. The van der Waals surface area contributed by atoms with Gasteiger partial charge < -0.3 is 22.1 Å². The first-order valence-electron chi connectivity index (χ1n) is 13.9. The molecule has 4 heterocycles. The van der Waals surface area contributed by atoms with Crippen LogP contribution in [-0.4, -0.2) is 43.6 Å². The summed E-state index contributed by atoms with van der Waals surface area (Å²) < 4.78 is 0. The molecule has 0 aliphatic rings. The number of hydrogen-bond donors (Lipinski definition) is 4. The Kier molecular flexibility index (Phi) is 10.6. The van der Waals surface area contributed by atoms with Crippen molar-refractivity contribution in [3.8, 4) is 21.1 Å². The van der Waals surface area contributed by atoms with Crippen LogP contribution in [0.5, 0.6) is 0 Å². The molecule has 0 bridgehead atoms. The fourth-order valence-electron chi connectivity index (χ4n) is 4.18. The molecule has 6 rings (SSSR count). The topological polar surface area (TPSA) is 196 Å². The maximum absolute atomic E-state index is 12.4. The lowest BCUT2D eigenvalue weighted by Crippen LogP contribution is -2.18. The minimum atomic E-state index is -0.679. The van der Waals surface area contributed by atoms with Crippen LogP contribution in [0.4, 0.5) is 11.4 Å². The molecule has 12 nitrogen and oxygen atoms in total. The summed E-state index contributed by atoms with van der Waals surface area (Å²) in [5.74, 6) is -2.11. The summed E-state index contributed by atoms with van der Waals surface area (Å²) in [4.78, 5) is 64.4. The van der Waals surface area contributed by atoms with E-state index in [2.05, 4.69) is 30.6 Å². The normalized spacial score (nSPS) is 10.4. The average Bonchev–Trinajstić information content (AvgIpc) is 3.78. The van der Waals surface area contributed by atoms with Crippen LogP contribution in [0.2, 0.25) is 5.02 Å². The number of amides is 4. The lowest BCUT2D eigenvalue weighted by Gasteiger charge is -2.08. The Morgan fingerprint density at radius 2 is 1.23 bits per heavy atom. The molecule has 0 saturated heterocycles. The molecule has 0 saturated carbocycles. The molecule has 0 unspecified atom stereocenters. The van der Waals surface area contributed by atoms with Crippen molar-refractivity contribution >= 4 is 69.3 Å². The molecule has 240 valence electrons. The SMILES string of the molecule is Cc1ccc(C(N)=O)c(NC(=O)c2csc(-c3cccnc3)n2)c1.NC(=O)c1cc(Cl)ccc1NC(=O)c1csc(-c2cccnc2)n1. The highest BCUT2D eigenvalue weighted by Gasteiger charge is 2.17. The number of thiazole rings is 2. The number of halogens is 1. The molecule has 0 spiro atoms. The summed E-state index contributed by atoms with van der Waals surface area (Å²) in [7, 11) is 0. The molecule has 4 amide bonds. The highest BCUT2D eigenvalue weighted by Crippen LogP contribution is 2.26. The number of carbonyl (C=O) groups is 4. The summed E-state index contributed by atoms with van der Waals surface area (Å²) in [6, 6.07) is 16.9. The lowest BCUT2D eigenvalue weighted by atomic mass is 10.1. The van der Waals surface area contributed by atoms with Crippen LogP contribution >= 0.6 is 34.3 Å². The number of benzene rings is 2. The second-order valence-electron chi connectivity index (χ2n) is 9.93. The van der Waals surface area contributed by atoms with E-state index < -0.39 is 23.6 Å². The van der Waals surface area contributed by atoms with Gasteiger partial charge in [-0.25, -0.2) is 9.97 Å². The smallest absolute Gasteiger partial charge is 0.275 e.